The van der Waals surface area contributed by atoms with Crippen molar-refractivity contribution in [1.29, 1.82) is 0 Å². The van der Waals surface area contributed by atoms with E-state index in [1.807, 2.05) is 0 Å². The van der Waals surface area contributed by atoms with Gasteiger partial charge in [0.25, 0.3) is 9.05 Å². The van der Waals surface area contributed by atoms with Gasteiger partial charge in [0.2, 0.25) is 0 Å². The van der Waals surface area contributed by atoms with E-state index in [-0.39, 0.29) is 4.90 Å². The first-order chi connectivity index (χ1) is 9.86. The van der Waals surface area contributed by atoms with Crippen molar-refractivity contribution in [3.05, 3.63) is 23.3 Å². The summed E-state index contributed by atoms with van der Waals surface area (Å²) in [6.45, 7) is 5.63. The minimum Gasteiger partial charge on any atom is -0.491 e. The van der Waals surface area contributed by atoms with Crippen LogP contribution in [0, 0.1) is 13.8 Å². The Hall–Kier alpha value is -0.820. The maximum Gasteiger partial charge on any atom is 0.261 e. The molecule has 0 heterocycles. The standard InChI is InChI=1S/C14H21ClO5S/c1-11-10-14(21(15,16)17)12(2)9-13(11)20-8-7-19-6-4-5-18-3/h9-10H,4-8H2,1-3H3. The highest BCUT2D eigenvalue weighted by molar-refractivity contribution is 8.13. The van der Waals surface area contributed by atoms with Crippen molar-refractivity contribution in [3.63, 3.8) is 0 Å². The van der Waals surface area contributed by atoms with Gasteiger partial charge in [0.15, 0.2) is 0 Å². The third kappa shape index (κ3) is 6.22. The summed E-state index contributed by atoms with van der Waals surface area (Å²) >= 11 is 0. The van der Waals surface area contributed by atoms with E-state index in [1.165, 1.54) is 6.07 Å². The fraction of sp³-hybridized carbons (Fsp3) is 0.571. The summed E-state index contributed by atoms with van der Waals surface area (Å²) in [5.74, 6) is 0.636. The molecule has 0 saturated heterocycles. The van der Waals surface area contributed by atoms with Gasteiger partial charge in [0.05, 0.1) is 11.5 Å². The van der Waals surface area contributed by atoms with Crippen molar-refractivity contribution in [3.8, 4) is 5.75 Å². The summed E-state index contributed by atoms with van der Waals surface area (Å²) in [6, 6.07) is 3.20. The van der Waals surface area contributed by atoms with Gasteiger partial charge in [-0.1, -0.05) is 0 Å². The van der Waals surface area contributed by atoms with Crippen LogP contribution < -0.4 is 4.74 Å². The molecule has 1 aromatic carbocycles. The lowest BCUT2D eigenvalue weighted by molar-refractivity contribution is 0.0804. The molecule has 0 bridgehead atoms. The van der Waals surface area contributed by atoms with Crippen LogP contribution in [0.2, 0.25) is 0 Å². The fourth-order valence-electron chi connectivity index (χ4n) is 1.80. The SMILES string of the molecule is COCCCOCCOc1cc(C)c(S(=O)(=O)Cl)cc1C. The van der Waals surface area contributed by atoms with Crippen molar-refractivity contribution < 1.29 is 22.6 Å². The van der Waals surface area contributed by atoms with Gasteiger partial charge in [-0.2, -0.15) is 0 Å². The highest BCUT2D eigenvalue weighted by atomic mass is 35.7. The van der Waals surface area contributed by atoms with Crippen LogP contribution in [-0.2, 0) is 18.5 Å². The molecule has 0 radical (unpaired) electrons. The lowest BCUT2D eigenvalue weighted by atomic mass is 10.1. The Morgan fingerprint density at radius 2 is 1.76 bits per heavy atom. The van der Waals surface area contributed by atoms with Crippen LogP contribution in [0.3, 0.4) is 0 Å². The Balaban J connectivity index is 2.52. The third-order valence-corrected chi connectivity index (χ3v) is 4.32. The molecule has 0 unspecified atom stereocenters. The van der Waals surface area contributed by atoms with Crippen LogP contribution in [0.5, 0.6) is 5.75 Å². The zero-order chi connectivity index (χ0) is 15.9. The first-order valence-corrected chi connectivity index (χ1v) is 8.92. The molecule has 1 aromatic rings. The monoisotopic (exact) mass is 336 g/mol. The molecule has 0 fully saturated rings. The zero-order valence-electron chi connectivity index (χ0n) is 12.5. The number of rotatable bonds is 9. The molecule has 0 amide bonds. The van der Waals surface area contributed by atoms with Gasteiger partial charge in [-0.05, 0) is 43.5 Å². The van der Waals surface area contributed by atoms with E-state index in [0.29, 0.717) is 37.7 Å². The number of ether oxygens (including phenoxy) is 3. The molecule has 0 aliphatic rings. The Labute approximate surface area is 130 Å². The molecular weight excluding hydrogens is 316 g/mol. The number of hydrogen-bond donors (Lipinski definition) is 0. The van der Waals surface area contributed by atoms with Crippen molar-refractivity contribution in [2.75, 3.05) is 33.5 Å². The first-order valence-electron chi connectivity index (χ1n) is 6.61. The molecule has 0 saturated carbocycles. The largest absolute Gasteiger partial charge is 0.491 e. The third-order valence-electron chi connectivity index (χ3n) is 2.86. The van der Waals surface area contributed by atoms with E-state index < -0.39 is 9.05 Å². The Kier molecular flexibility index (Phi) is 7.45. The van der Waals surface area contributed by atoms with E-state index >= 15 is 0 Å². The van der Waals surface area contributed by atoms with Gasteiger partial charge in [-0.25, -0.2) is 8.42 Å². The van der Waals surface area contributed by atoms with Gasteiger partial charge in [-0.3, -0.25) is 0 Å². The molecule has 0 N–H and O–H groups in total. The molecule has 0 spiro atoms. The van der Waals surface area contributed by atoms with E-state index in [1.54, 1.807) is 27.0 Å². The number of methoxy groups -OCH3 is 1. The topological polar surface area (TPSA) is 61.8 Å². The number of aryl methyl sites for hydroxylation is 2. The van der Waals surface area contributed by atoms with E-state index in [0.717, 1.165) is 12.0 Å². The molecule has 7 heteroatoms. The molecular formula is C14H21ClO5S. The summed E-state index contributed by atoms with van der Waals surface area (Å²) in [5, 5.41) is 0. The quantitative estimate of drug-likeness (QED) is 0.512. The second-order valence-electron chi connectivity index (χ2n) is 4.63. The van der Waals surface area contributed by atoms with Gasteiger partial charge in [0.1, 0.15) is 12.4 Å². The summed E-state index contributed by atoms with van der Waals surface area (Å²) in [5.41, 5.74) is 1.28. The van der Waals surface area contributed by atoms with Crippen LogP contribution in [-0.4, -0.2) is 42.0 Å². The zero-order valence-corrected chi connectivity index (χ0v) is 14.1. The molecule has 0 aromatic heterocycles. The van der Waals surface area contributed by atoms with Crippen molar-refractivity contribution in [2.45, 2.75) is 25.2 Å². The summed E-state index contributed by atoms with van der Waals surface area (Å²) < 4.78 is 38.7. The van der Waals surface area contributed by atoms with Crippen LogP contribution in [0.15, 0.2) is 17.0 Å². The fourth-order valence-corrected chi connectivity index (χ4v) is 3.06. The second-order valence-corrected chi connectivity index (χ2v) is 7.16. The highest BCUT2D eigenvalue weighted by Gasteiger charge is 2.15. The first kappa shape index (κ1) is 18.2. The van der Waals surface area contributed by atoms with Crippen molar-refractivity contribution in [1.82, 2.24) is 0 Å². The maximum atomic E-state index is 11.4. The summed E-state index contributed by atoms with van der Waals surface area (Å²) in [4.78, 5) is 0.116. The molecule has 1 rings (SSSR count). The van der Waals surface area contributed by atoms with E-state index in [4.69, 9.17) is 24.9 Å². The minimum absolute atomic E-state index is 0.116. The molecule has 5 nitrogen and oxygen atoms in total. The maximum absolute atomic E-state index is 11.4. The summed E-state index contributed by atoms with van der Waals surface area (Å²) in [7, 11) is 3.30. The molecule has 0 aliphatic carbocycles. The predicted octanol–water partition coefficient (Wildman–Crippen LogP) is 2.66. The molecule has 0 aliphatic heterocycles. The molecule has 120 valence electrons. The smallest absolute Gasteiger partial charge is 0.261 e. The van der Waals surface area contributed by atoms with E-state index in [2.05, 4.69) is 0 Å². The average Bonchev–Trinajstić information content (AvgIpc) is 2.39. The van der Waals surface area contributed by atoms with Gasteiger partial charge >= 0.3 is 0 Å². The Bertz CT molecular complexity index is 557. The van der Waals surface area contributed by atoms with Crippen LogP contribution in [0.25, 0.3) is 0 Å². The van der Waals surface area contributed by atoms with Gasteiger partial charge in [-0.15, -0.1) is 0 Å². The van der Waals surface area contributed by atoms with Gasteiger partial charge in [0, 0.05) is 31.0 Å². The average molecular weight is 337 g/mol. The minimum atomic E-state index is -3.73. The number of benzene rings is 1. The number of halogens is 1. The normalized spacial score (nSPS) is 11.6. The highest BCUT2D eigenvalue weighted by Crippen LogP contribution is 2.27. The lowest BCUT2D eigenvalue weighted by Crippen LogP contribution is -2.09. The molecule has 0 atom stereocenters. The van der Waals surface area contributed by atoms with Crippen LogP contribution in [0.4, 0.5) is 0 Å². The van der Waals surface area contributed by atoms with Crippen molar-refractivity contribution >= 4 is 19.7 Å². The van der Waals surface area contributed by atoms with Crippen LogP contribution >= 0.6 is 10.7 Å². The van der Waals surface area contributed by atoms with E-state index in [9.17, 15) is 8.42 Å². The van der Waals surface area contributed by atoms with Gasteiger partial charge < -0.3 is 14.2 Å². The Morgan fingerprint density at radius 1 is 1.05 bits per heavy atom. The predicted molar refractivity (Wildman–Crippen MR) is 81.8 cm³/mol. The Morgan fingerprint density at radius 3 is 2.38 bits per heavy atom. The van der Waals surface area contributed by atoms with Crippen LogP contribution in [0.1, 0.15) is 17.5 Å². The molecule has 21 heavy (non-hydrogen) atoms. The summed E-state index contributed by atoms with van der Waals surface area (Å²) in [6.07, 6.45) is 0.844. The van der Waals surface area contributed by atoms with Crippen molar-refractivity contribution in [2.24, 2.45) is 0 Å². The second kappa shape index (κ2) is 8.58. The number of hydrogen-bond acceptors (Lipinski definition) is 5. The lowest BCUT2D eigenvalue weighted by Gasteiger charge is -2.12.